The largest absolute Gasteiger partial charge is 0.263 e. The standard InChI is InChI=1S/C8H11F2N3/c1-2-6-11-7(13-12-6)5-3-8(9,10)4-5/h5H,2-4H2,1H3,(H,11,12,13). The van der Waals surface area contributed by atoms with E-state index in [1.165, 1.54) is 0 Å². The van der Waals surface area contributed by atoms with Crippen molar-refractivity contribution in [3.63, 3.8) is 0 Å². The van der Waals surface area contributed by atoms with Crippen LogP contribution >= 0.6 is 0 Å². The molecule has 1 fully saturated rings. The molecule has 1 aromatic rings. The summed E-state index contributed by atoms with van der Waals surface area (Å²) in [5.41, 5.74) is 0. The van der Waals surface area contributed by atoms with Crippen LogP contribution in [0.2, 0.25) is 0 Å². The Balaban J connectivity index is 2.03. The Labute approximate surface area is 74.6 Å². The van der Waals surface area contributed by atoms with Crippen LogP contribution in [0.15, 0.2) is 0 Å². The molecule has 0 spiro atoms. The Morgan fingerprint density at radius 1 is 1.54 bits per heavy atom. The van der Waals surface area contributed by atoms with Crippen LogP contribution in [0.4, 0.5) is 8.78 Å². The monoisotopic (exact) mass is 187 g/mol. The molecule has 0 saturated heterocycles. The molecule has 0 amide bonds. The molecule has 0 atom stereocenters. The van der Waals surface area contributed by atoms with Gasteiger partial charge in [0.1, 0.15) is 5.82 Å². The van der Waals surface area contributed by atoms with E-state index < -0.39 is 5.92 Å². The number of H-pyrrole nitrogens is 1. The van der Waals surface area contributed by atoms with Crippen molar-refractivity contribution < 1.29 is 8.78 Å². The fraction of sp³-hybridized carbons (Fsp3) is 0.750. The highest BCUT2D eigenvalue weighted by molar-refractivity contribution is 5.06. The van der Waals surface area contributed by atoms with Crippen molar-refractivity contribution in [3.8, 4) is 0 Å². The normalized spacial score (nSPS) is 21.5. The summed E-state index contributed by atoms with van der Waals surface area (Å²) in [6.45, 7) is 1.94. The summed E-state index contributed by atoms with van der Waals surface area (Å²) in [7, 11) is 0. The quantitative estimate of drug-likeness (QED) is 0.768. The van der Waals surface area contributed by atoms with E-state index in [-0.39, 0.29) is 18.8 Å². The molecule has 1 heterocycles. The van der Waals surface area contributed by atoms with Crippen molar-refractivity contribution in [1.29, 1.82) is 0 Å². The highest BCUT2D eigenvalue weighted by Crippen LogP contribution is 2.47. The van der Waals surface area contributed by atoms with Gasteiger partial charge >= 0.3 is 0 Å². The van der Waals surface area contributed by atoms with Gasteiger partial charge in [0.25, 0.3) is 0 Å². The summed E-state index contributed by atoms with van der Waals surface area (Å²) in [4.78, 5) is 4.12. The van der Waals surface area contributed by atoms with Crippen LogP contribution < -0.4 is 0 Å². The minimum atomic E-state index is -2.49. The number of hydrogen-bond donors (Lipinski definition) is 1. The maximum Gasteiger partial charge on any atom is 0.249 e. The van der Waals surface area contributed by atoms with Crippen LogP contribution in [-0.2, 0) is 6.42 Å². The van der Waals surface area contributed by atoms with Crippen molar-refractivity contribution in [2.24, 2.45) is 0 Å². The average Bonchev–Trinajstić information content (AvgIpc) is 2.47. The first-order valence-electron chi connectivity index (χ1n) is 4.40. The minimum absolute atomic E-state index is 0.103. The first kappa shape index (κ1) is 8.59. The highest BCUT2D eigenvalue weighted by Gasteiger charge is 2.47. The van der Waals surface area contributed by atoms with Crippen LogP contribution in [0.25, 0.3) is 0 Å². The lowest BCUT2D eigenvalue weighted by Crippen LogP contribution is -2.34. The van der Waals surface area contributed by atoms with Gasteiger partial charge in [-0.25, -0.2) is 13.8 Å². The van der Waals surface area contributed by atoms with E-state index in [1.807, 2.05) is 6.92 Å². The van der Waals surface area contributed by atoms with E-state index in [1.54, 1.807) is 0 Å². The number of nitrogens with one attached hydrogen (secondary N) is 1. The number of halogens is 2. The van der Waals surface area contributed by atoms with Gasteiger partial charge in [0, 0.05) is 25.2 Å². The molecule has 0 aliphatic heterocycles. The SMILES string of the molecule is CCc1nc(C2CC(F)(F)C2)n[nH]1. The molecule has 1 N–H and O–H groups in total. The van der Waals surface area contributed by atoms with Gasteiger partial charge in [0.05, 0.1) is 0 Å². The Hall–Kier alpha value is -1.00. The summed E-state index contributed by atoms with van der Waals surface area (Å²) >= 11 is 0. The molecule has 5 heteroatoms. The summed E-state index contributed by atoms with van der Waals surface area (Å²) < 4.78 is 25.0. The molecular formula is C8H11F2N3. The molecule has 0 radical (unpaired) electrons. The fourth-order valence-electron chi connectivity index (χ4n) is 1.49. The third-order valence-electron chi connectivity index (χ3n) is 2.34. The Kier molecular flexibility index (Phi) is 1.82. The van der Waals surface area contributed by atoms with Crippen molar-refractivity contribution in [2.45, 2.75) is 38.0 Å². The van der Waals surface area contributed by atoms with Gasteiger partial charge in [-0.15, -0.1) is 0 Å². The predicted molar refractivity (Wildman–Crippen MR) is 42.7 cm³/mol. The molecule has 0 aromatic carbocycles. The molecule has 72 valence electrons. The summed E-state index contributed by atoms with van der Waals surface area (Å²) in [6.07, 6.45) is 0.554. The number of hydrogen-bond acceptors (Lipinski definition) is 2. The molecule has 0 bridgehead atoms. The van der Waals surface area contributed by atoms with Crippen LogP contribution in [-0.4, -0.2) is 21.1 Å². The molecule has 1 aromatic heterocycles. The van der Waals surface area contributed by atoms with E-state index in [0.29, 0.717) is 5.82 Å². The van der Waals surface area contributed by atoms with Crippen molar-refractivity contribution in [3.05, 3.63) is 11.6 Å². The molecule has 3 nitrogen and oxygen atoms in total. The Morgan fingerprint density at radius 2 is 2.23 bits per heavy atom. The van der Waals surface area contributed by atoms with Crippen LogP contribution in [0.3, 0.4) is 0 Å². The lowest BCUT2D eigenvalue weighted by molar-refractivity contribution is -0.0884. The second-order valence-corrected chi connectivity index (χ2v) is 3.45. The first-order valence-corrected chi connectivity index (χ1v) is 4.40. The van der Waals surface area contributed by atoms with Crippen molar-refractivity contribution in [2.75, 3.05) is 0 Å². The molecule has 0 unspecified atom stereocenters. The summed E-state index contributed by atoms with van der Waals surface area (Å²) in [5, 5.41) is 6.63. The molecule has 2 rings (SSSR count). The maximum absolute atomic E-state index is 12.5. The van der Waals surface area contributed by atoms with Crippen molar-refractivity contribution in [1.82, 2.24) is 15.2 Å². The van der Waals surface area contributed by atoms with E-state index in [9.17, 15) is 8.78 Å². The molecule has 1 aliphatic carbocycles. The predicted octanol–water partition coefficient (Wildman–Crippen LogP) is 1.88. The minimum Gasteiger partial charge on any atom is -0.263 e. The maximum atomic E-state index is 12.5. The van der Waals surface area contributed by atoms with Gasteiger partial charge in [-0.1, -0.05) is 6.92 Å². The smallest absolute Gasteiger partial charge is 0.249 e. The lowest BCUT2D eigenvalue weighted by atomic mass is 9.81. The fourth-order valence-corrected chi connectivity index (χ4v) is 1.49. The molecule has 1 saturated carbocycles. The van der Waals surface area contributed by atoms with Gasteiger partial charge in [0.15, 0.2) is 5.82 Å². The second kappa shape index (κ2) is 2.75. The number of aromatic amines is 1. The number of nitrogens with zero attached hydrogens (tertiary/aromatic N) is 2. The van der Waals surface area contributed by atoms with Crippen LogP contribution in [0, 0.1) is 0 Å². The molecule has 13 heavy (non-hydrogen) atoms. The van der Waals surface area contributed by atoms with Gasteiger partial charge in [-0.05, 0) is 0 Å². The zero-order chi connectivity index (χ0) is 9.47. The van der Waals surface area contributed by atoms with Crippen molar-refractivity contribution >= 4 is 0 Å². The van der Waals surface area contributed by atoms with E-state index in [2.05, 4.69) is 15.2 Å². The number of rotatable bonds is 2. The second-order valence-electron chi connectivity index (χ2n) is 3.45. The molecule has 1 aliphatic rings. The third kappa shape index (κ3) is 1.55. The first-order chi connectivity index (χ1) is 6.11. The van der Waals surface area contributed by atoms with Crippen LogP contribution in [0.1, 0.15) is 37.3 Å². The van der Waals surface area contributed by atoms with E-state index in [4.69, 9.17) is 0 Å². The number of aryl methyl sites for hydroxylation is 1. The van der Waals surface area contributed by atoms with Gasteiger partial charge < -0.3 is 0 Å². The Morgan fingerprint density at radius 3 is 2.69 bits per heavy atom. The molecular weight excluding hydrogens is 176 g/mol. The topological polar surface area (TPSA) is 41.6 Å². The van der Waals surface area contributed by atoms with Gasteiger partial charge in [-0.3, -0.25) is 5.10 Å². The average molecular weight is 187 g/mol. The third-order valence-corrected chi connectivity index (χ3v) is 2.34. The van der Waals surface area contributed by atoms with Gasteiger partial charge in [-0.2, -0.15) is 5.10 Å². The Bertz CT molecular complexity index is 300. The number of aromatic nitrogens is 3. The van der Waals surface area contributed by atoms with E-state index in [0.717, 1.165) is 12.2 Å². The van der Waals surface area contributed by atoms with Gasteiger partial charge in [0.2, 0.25) is 5.92 Å². The lowest BCUT2D eigenvalue weighted by Gasteiger charge is -2.32. The summed E-state index contributed by atoms with van der Waals surface area (Å²) in [6, 6.07) is 0. The van der Waals surface area contributed by atoms with Crippen LogP contribution in [0.5, 0.6) is 0 Å². The number of alkyl halides is 2. The summed E-state index contributed by atoms with van der Waals surface area (Å²) in [5.74, 6) is -1.32. The zero-order valence-electron chi connectivity index (χ0n) is 7.35. The van der Waals surface area contributed by atoms with E-state index >= 15 is 0 Å². The zero-order valence-corrected chi connectivity index (χ0v) is 7.35. The highest BCUT2D eigenvalue weighted by atomic mass is 19.3.